The summed E-state index contributed by atoms with van der Waals surface area (Å²) in [5.74, 6) is -1.58. The van der Waals surface area contributed by atoms with Crippen molar-refractivity contribution < 1.29 is 22.4 Å². The number of halogens is 1. The summed E-state index contributed by atoms with van der Waals surface area (Å²) in [7, 11) is -3.87. The second-order valence-corrected chi connectivity index (χ2v) is 7.64. The lowest BCUT2D eigenvalue weighted by atomic mass is 10.3. The summed E-state index contributed by atoms with van der Waals surface area (Å²) in [5, 5.41) is 3.89. The van der Waals surface area contributed by atoms with Gasteiger partial charge in [-0.15, -0.1) is 0 Å². The van der Waals surface area contributed by atoms with Crippen LogP contribution in [0.15, 0.2) is 52.0 Å². The fraction of sp³-hybridized carbons (Fsp3) is 0.250. The predicted octanol–water partition coefficient (Wildman–Crippen LogP) is 1.70. The molecule has 1 unspecified atom stereocenters. The van der Waals surface area contributed by atoms with Gasteiger partial charge in [0.15, 0.2) is 9.84 Å². The molecule has 1 atom stereocenters. The molecule has 0 aliphatic carbocycles. The fourth-order valence-corrected chi connectivity index (χ4v) is 3.85. The zero-order valence-corrected chi connectivity index (χ0v) is 14.9. The summed E-state index contributed by atoms with van der Waals surface area (Å²) in [6.07, 6.45) is 1.34. The van der Waals surface area contributed by atoms with Crippen molar-refractivity contribution in [3.8, 4) is 0 Å². The first kappa shape index (κ1) is 19.0. The van der Waals surface area contributed by atoms with Crippen LogP contribution in [0.3, 0.4) is 0 Å². The first-order chi connectivity index (χ1) is 11.9. The van der Waals surface area contributed by atoms with E-state index in [9.17, 15) is 18.0 Å². The Morgan fingerprint density at radius 1 is 1.12 bits per heavy atom. The normalized spacial score (nSPS) is 12.4. The number of nitrogens with one attached hydrogen (secondary N) is 2. The molecule has 0 spiro atoms. The van der Waals surface area contributed by atoms with Crippen LogP contribution in [0.5, 0.6) is 0 Å². The van der Waals surface area contributed by atoms with E-state index in [1.807, 2.05) is 0 Å². The Morgan fingerprint density at radius 3 is 2.32 bits per heavy atom. The third-order valence-electron chi connectivity index (χ3n) is 3.37. The van der Waals surface area contributed by atoms with E-state index < -0.39 is 26.9 Å². The maximum absolute atomic E-state index is 12.9. The largest absolute Gasteiger partial charge is 0.468 e. The molecule has 0 aliphatic heterocycles. The zero-order chi connectivity index (χ0) is 18.4. The molecule has 2 N–H and O–H groups in total. The Balaban J connectivity index is 2.26. The Kier molecular flexibility index (Phi) is 6.22. The number of amides is 2. The van der Waals surface area contributed by atoms with Gasteiger partial charge < -0.3 is 15.1 Å². The topological polar surface area (TPSA) is 105 Å². The Morgan fingerprint density at radius 2 is 1.76 bits per heavy atom. The molecule has 1 aromatic heterocycles. The van der Waals surface area contributed by atoms with E-state index in [0.717, 1.165) is 0 Å². The van der Waals surface area contributed by atoms with E-state index in [0.29, 0.717) is 5.02 Å². The lowest BCUT2D eigenvalue weighted by Gasteiger charge is -2.16. The van der Waals surface area contributed by atoms with Gasteiger partial charge in [0.1, 0.15) is 11.0 Å². The average Bonchev–Trinajstić information content (AvgIpc) is 3.09. The van der Waals surface area contributed by atoms with Crippen molar-refractivity contribution >= 4 is 33.3 Å². The number of sulfone groups is 1. The molecule has 134 valence electrons. The summed E-state index contributed by atoms with van der Waals surface area (Å²) >= 11 is 5.79. The van der Waals surface area contributed by atoms with Crippen molar-refractivity contribution in [1.29, 1.82) is 0 Å². The van der Waals surface area contributed by atoms with Crippen molar-refractivity contribution in [2.75, 3.05) is 13.1 Å². The van der Waals surface area contributed by atoms with Crippen LogP contribution in [0.4, 0.5) is 0 Å². The average molecular weight is 385 g/mol. The number of furan rings is 1. The SMILES string of the molecule is CCNC(=O)C(=O)NCC(c1ccco1)S(=O)(=O)c1ccc(Cl)cc1. The van der Waals surface area contributed by atoms with Crippen LogP contribution in [0, 0.1) is 0 Å². The van der Waals surface area contributed by atoms with E-state index in [1.165, 1.54) is 36.6 Å². The highest BCUT2D eigenvalue weighted by Gasteiger charge is 2.32. The van der Waals surface area contributed by atoms with E-state index in [4.69, 9.17) is 16.0 Å². The Labute approximate surface area is 150 Å². The van der Waals surface area contributed by atoms with E-state index >= 15 is 0 Å². The van der Waals surface area contributed by atoms with Gasteiger partial charge in [-0.3, -0.25) is 9.59 Å². The number of carbonyl (C=O) groups is 2. The van der Waals surface area contributed by atoms with Gasteiger partial charge >= 0.3 is 11.8 Å². The summed E-state index contributed by atoms with van der Waals surface area (Å²) in [5.41, 5.74) is 0. The summed E-state index contributed by atoms with van der Waals surface area (Å²) in [6.45, 7) is 1.65. The number of hydrogen-bond donors (Lipinski definition) is 2. The molecule has 0 bridgehead atoms. The zero-order valence-electron chi connectivity index (χ0n) is 13.4. The monoisotopic (exact) mass is 384 g/mol. The van der Waals surface area contributed by atoms with Crippen molar-refractivity contribution in [3.05, 3.63) is 53.4 Å². The minimum absolute atomic E-state index is 0.0329. The minimum Gasteiger partial charge on any atom is -0.468 e. The van der Waals surface area contributed by atoms with Crippen LogP contribution in [-0.2, 0) is 19.4 Å². The van der Waals surface area contributed by atoms with Crippen LogP contribution >= 0.6 is 11.6 Å². The van der Waals surface area contributed by atoms with Gasteiger partial charge in [-0.1, -0.05) is 11.6 Å². The van der Waals surface area contributed by atoms with Crippen LogP contribution in [0.2, 0.25) is 5.02 Å². The van der Waals surface area contributed by atoms with E-state index in [1.54, 1.807) is 13.0 Å². The van der Waals surface area contributed by atoms with Crippen molar-refractivity contribution in [3.63, 3.8) is 0 Å². The van der Waals surface area contributed by atoms with Crippen LogP contribution in [0.1, 0.15) is 17.9 Å². The number of likely N-dealkylation sites (N-methyl/N-ethyl adjacent to an activating group) is 1. The molecule has 9 heteroatoms. The molecule has 0 saturated heterocycles. The lowest BCUT2D eigenvalue weighted by Crippen LogP contribution is -2.42. The first-order valence-corrected chi connectivity index (χ1v) is 9.37. The smallest absolute Gasteiger partial charge is 0.309 e. The molecule has 0 fully saturated rings. The second kappa shape index (κ2) is 8.17. The molecule has 7 nitrogen and oxygen atoms in total. The van der Waals surface area contributed by atoms with Crippen molar-refractivity contribution in [1.82, 2.24) is 10.6 Å². The molecule has 1 aromatic carbocycles. The van der Waals surface area contributed by atoms with Gasteiger partial charge in [-0.2, -0.15) is 0 Å². The van der Waals surface area contributed by atoms with Gasteiger partial charge in [-0.25, -0.2) is 8.42 Å². The van der Waals surface area contributed by atoms with E-state index in [-0.39, 0.29) is 23.7 Å². The number of benzene rings is 1. The van der Waals surface area contributed by atoms with Crippen LogP contribution in [-0.4, -0.2) is 33.3 Å². The number of carbonyl (C=O) groups excluding carboxylic acids is 2. The third-order valence-corrected chi connectivity index (χ3v) is 5.70. The molecule has 0 aliphatic rings. The number of rotatable bonds is 6. The third kappa shape index (κ3) is 4.61. The maximum atomic E-state index is 12.9. The van der Waals surface area contributed by atoms with Gasteiger partial charge in [0.2, 0.25) is 0 Å². The predicted molar refractivity (Wildman–Crippen MR) is 91.8 cm³/mol. The van der Waals surface area contributed by atoms with Gasteiger partial charge in [-0.05, 0) is 43.3 Å². The molecule has 2 rings (SSSR count). The summed E-state index contributed by atoms with van der Waals surface area (Å²) in [6, 6.07) is 8.71. The molecular formula is C16H17ClN2O5S. The van der Waals surface area contributed by atoms with Crippen molar-refractivity contribution in [2.45, 2.75) is 17.1 Å². The molecule has 1 heterocycles. The molecule has 25 heavy (non-hydrogen) atoms. The molecule has 0 radical (unpaired) electrons. The van der Waals surface area contributed by atoms with E-state index in [2.05, 4.69) is 10.6 Å². The van der Waals surface area contributed by atoms with Gasteiger partial charge in [0.25, 0.3) is 0 Å². The van der Waals surface area contributed by atoms with Crippen molar-refractivity contribution in [2.24, 2.45) is 0 Å². The van der Waals surface area contributed by atoms with Crippen LogP contribution in [0.25, 0.3) is 0 Å². The highest BCUT2D eigenvalue weighted by Crippen LogP contribution is 2.29. The molecule has 2 amide bonds. The van der Waals surface area contributed by atoms with Gasteiger partial charge in [0, 0.05) is 18.1 Å². The minimum atomic E-state index is -3.87. The first-order valence-electron chi connectivity index (χ1n) is 7.45. The van der Waals surface area contributed by atoms with Gasteiger partial charge in [0.05, 0.1) is 11.2 Å². The highest BCUT2D eigenvalue weighted by atomic mass is 35.5. The fourth-order valence-electron chi connectivity index (χ4n) is 2.13. The highest BCUT2D eigenvalue weighted by molar-refractivity contribution is 7.91. The standard InChI is InChI=1S/C16H17ClN2O5S/c1-2-18-15(20)16(21)19-10-14(13-4-3-9-24-13)25(22,23)12-7-5-11(17)6-8-12/h3-9,14H,2,10H2,1H3,(H,18,20)(H,19,21). The molecular weight excluding hydrogens is 368 g/mol. The summed E-state index contributed by atoms with van der Waals surface area (Å²) in [4.78, 5) is 23.3. The second-order valence-electron chi connectivity index (χ2n) is 5.07. The lowest BCUT2D eigenvalue weighted by molar-refractivity contribution is -0.139. The van der Waals surface area contributed by atoms with Crippen LogP contribution < -0.4 is 10.6 Å². The maximum Gasteiger partial charge on any atom is 0.309 e. The molecule has 0 saturated carbocycles. The number of hydrogen-bond acceptors (Lipinski definition) is 5. The Hall–Kier alpha value is -2.32. The Bertz CT molecular complexity index is 832. The quantitative estimate of drug-likeness (QED) is 0.737. The summed E-state index contributed by atoms with van der Waals surface area (Å²) < 4.78 is 31.0. The molecule has 2 aromatic rings.